The van der Waals surface area contributed by atoms with Crippen molar-refractivity contribution < 1.29 is 9.90 Å². The minimum Gasteiger partial charge on any atom is -0.480 e. The van der Waals surface area contributed by atoms with Crippen LogP contribution in [-0.4, -0.2) is 28.1 Å². The molecule has 1 fully saturated rings. The smallest absolute Gasteiger partial charge is 0.324 e. The molecule has 0 spiro atoms. The normalized spacial score (nSPS) is 27.2. The minimum absolute atomic E-state index is 0.202. The number of aliphatic carboxylic acids is 1. The van der Waals surface area contributed by atoms with E-state index in [0.29, 0.717) is 6.42 Å². The first-order valence-corrected chi connectivity index (χ1v) is 7.03. The molecule has 2 atom stereocenters. The van der Waals surface area contributed by atoms with Crippen LogP contribution in [0, 0.1) is 0 Å². The number of carboxylic acid groups (broad SMARTS) is 1. The first-order valence-electron chi connectivity index (χ1n) is 6.15. The fourth-order valence-electron chi connectivity index (χ4n) is 2.91. The number of thiophene rings is 1. The predicted octanol–water partition coefficient (Wildman–Crippen LogP) is 3.14. The maximum atomic E-state index is 11.6. The summed E-state index contributed by atoms with van der Waals surface area (Å²) in [5.74, 6) is -0.666. The number of likely N-dealkylation sites (tertiary alicyclic amines) is 1. The molecule has 0 amide bonds. The Hall–Kier alpha value is -0.870. The summed E-state index contributed by atoms with van der Waals surface area (Å²) in [6, 6.07) is 4.32. The molecule has 2 unspecified atom stereocenters. The molecule has 4 heteroatoms. The van der Waals surface area contributed by atoms with Crippen molar-refractivity contribution in [1.29, 1.82) is 0 Å². The van der Waals surface area contributed by atoms with Gasteiger partial charge in [0.2, 0.25) is 0 Å². The lowest BCUT2D eigenvalue weighted by molar-refractivity contribution is -0.151. The Kier molecular flexibility index (Phi) is 3.54. The van der Waals surface area contributed by atoms with Crippen LogP contribution in [-0.2, 0) is 4.79 Å². The summed E-state index contributed by atoms with van der Waals surface area (Å²) in [6.45, 7) is 4.98. The van der Waals surface area contributed by atoms with Crippen LogP contribution in [0.5, 0.6) is 0 Å². The van der Waals surface area contributed by atoms with Crippen molar-refractivity contribution in [2.45, 2.75) is 44.7 Å². The largest absolute Gasteiger partial charge is 0.480 e. The molecule has 0 aromatic carbocycles. The van der Waals surface area contributed by atoms with Crippen LogP contribution < -0.4 is 0 Å². The molecule has 0 saturated carbocycles. The van der Waals surface area contributed by atoms with Gasteiger partial charge in [-0.2, -0.15) is 0 Å². The lowest BCUT2D eigenvalue weighted by Crippen LogP contribution is -2.50. The molecule has 1 N–H and O–H groups in total. The Morgan fingerprint density at radius 1 is 1.71 bits per heavy atom. The van der Waals surface area contributed by atoms with E-state index in [-0.39, 0.29) is 6.04 Å². The highest BCUT2D eigenvalue weighted by molar-refractivity contribution is 7.10. The third kappa shape index (κ3) is 2.00. The van der Waals surface area contributed by atoms with Gasteiger partial charge in [-0.3, -0.25) is 9.69 Å². The second kappa shape index (κ2) is 4.78. The van der Waals surface area contributed by atoms with Crippen LogP contribution in [0.4, 0.5) is 0 Å². The second-order valence-corrected chi connectivity index (χ2v) is 5.66. The summed E-state index contributed by atoms with van der Waals surface area (Å²) < 4.78 is 0. The monoisotopic (exact) mass is 253 g/mol. The summed E-state index contributed by atoms with van der Waals surface area (Å²) in [4.78, 5) is 15.0. The van der Waals surface area contributed by atoms with Crippen molar-refractivity contribution in [2.24, 2.45) is 0 Å². The van der Waals surface area contributed by atoms with Gasteiger partial charge in [-0.15, -0.1) is 11.3 Å². The molecule has 1 aliphatic heterocycles. The molecule has 3 nitrogen and oxygen atoms in total. The minimum atomic E-state index is -0.666. The van der Waals surface area contributed by atoms with Gasteiger partial charge >= 0.3 is 5.97 Å². The maximum Gasteiger partial charge on any atom is 0.324 e. The van der Waals surface area contributed by atoms with Gasteiger partial charge in [0.15, 0.2) is 0 Å². The first kappa shape index (κ1) is 12.6. The lowest BCUT2D eigenvalue weighted by Gasteiger charge is -2.37. The Labute approximate surface area is 106 Å². The summed E-state index contributed by atoms with van der Waals surface area (Å²) in [6.07, 6.45) is 2.43. The van der Waals surface area contributed by atoms with E-state index in [1.807, 2.05) is 13.0 Å². The SMILES string of the molecule is CCC1(C(=O)O)CCCN1C(C)c1cccs1. The number of carboxylic acids is 1. The van der Waals surface area contributed by atoms with Gasteiger partial charge in [0.1, 0.15) is 5.54 Å². The van der Waals surface area contributed by atoms with Crippen molar-refractivity contribution in [2.75, 3.05) is 6.54 Å². The molecule has 1 aliphatic rings. The molecule has 1 aromatic heterocycles. The third-order valence-corrected chi connectivity index (χ3v) is 4.99. The summed E-state index contributed by atoms with van der Waals surface area (Å²) in [5, 5.41) is 11.6. The molecular formula is C13H19NO2S. The highest BCUT2D eigenvalue weighted by Gasteiger charge is 2.48. The number of nitrogens with zero attached hydrogens (tertiary/aromatic N) is 1. The summed E-state index contributed by atoms with van der Waals surface area (Å²) in [5.41, 5.74) is -0.649. The molecule has 0 bridgehead atoms. The number of rotatable bonds is 4. The van der Waals surface area contributed by atoms with Crippen molar-refractivity contribution in [3.8, 4) is 0 Å². The van der Waals surface area contributed by atoms with E-state index in [4.69, 9.17) is 0 Å². The average molecular weight is 253 g/mol. The van der Waals surface area contributed by atoms with Gasteiger partial charge in [-0.1, -0.05) is 13.0 Å². The van der Waals surface area contributed by atoms with Crippen LogP contribution >= 0.6 is 11.3 Å². The zero-order valence-corrected chi connectivity index (χ0v) is 11.2. The first-order chi connectivity index (χ1) is 8.12. The molecule has 1 aromatic rings. The lowest BCUT2D eigenvalue weighted by atomic mass is 9.92. The molecule has 1 saturated heterocycles. The molecular weight excluding hydrogens is 234 g/mol. The van der Waals surface area contributed by atoms with E-state index in [0.717, 1.165) is 19.4 Å². The van der Waals surface area contributed by atoms with E-state index in [1.165, 1.54) is 4.88 Å². The van der Waals surface area contributed by atoms with Crippen molar-refractivity contribution in [1.82, 2.24) is 4.90 Å². The Morgan fingerprint density at radius 3 is 3.00 bits per heavy atom. The molecule has 0 radical (unpaired) electrons. The quantitative estimate of drug-likeness (QED) is 0.896. The zero-order valence-electron chi connectivity index (χ0n) is 10.3. The van der Waals surface area contributed by atoms with Crippen LogP contribution in [0.1, 0.15) is 44.0 Å². The highest BCUT2D eigenvalue weighted by atomic mass is 32.1. The highest BCUT2D eigenvalue weighted by Crippen LogP contribution is 2.40. The molecule has 2 heterocycles. The predicted molar refractivity (Wildman–Crippen MR) is 69.3 cm³/mol. The molecule has 0 aliphatic carbocycles. The van der Waals surface area contributed by atoms with Gasteiger partial charge in [0.05, 0.1) is 0 Å². The van der Waals surface area contributed by atoms with Crippen molar-refractivity contribution in [3.63, 3.8) is 0 Å². The maximum absolute atomic E-state index is 11.6. The molecule has 94 valence electrons. The summed E-state index contributed by atoms with van der Waals surface area (Å²) in [7, 11) is 0. The second-order valence-electron chi connectivity index (χ2n) is 4.68. The number of hydrogen-bond donors (Lipinski definition) is 1. The number of carbonyl (C=O) groups is 1. The average Bonchev–Trinajstić information content (AvgIpc) is 2.97. The van der Waals surface area contributed by atoms with E-state index < -0.39 is 11.5 Å². The van der Waals surface area contributed by atoms with Crippen LogP contribution in [0.25, 0.3) is 0 Å². The summed E-state index contributed by atoms with van der Waals surface area (Å²) >= 11 is 1.71. The Balaban J connectivity index is 2.28. The standard InChI is InChI=1S/C13H19NO2S/c1-3-13(12(15)16)7-5-8-14(13)10(2)11-6-4-9-17-11/h4,6,9-10H,3,5,7-8H2,1-2H3,(H,15,16). The fraction of sp³-hybridized carbons (Fsp3) is 0.615. The van der Waals surface area contributed by atoms with E-state index >= 15 is 0 Å². The Bertz CT molecular complexity index is 390. The zero-order chi connectivity index (χ0) is 12.5. The van der Waals surface area contributed by atoms with Gasteiger partial charge in [0, 0.05) is 10.9 Å². The van der Waals surface area contributed by atoms with Crippen molar-refractivity contribution in [3.05, 3.63) is 22.4 Å². The van der Waals surface area contributed by atoms with Crippen molar-refractivity contribution >= 4 is 17.3 Å². The van der Waals surface area contributed by atoms with Crippen LogP contribution in [0.3, 0.4) is 0 Å². The van der Waals surface area contributed by atoms with E-state index in [9.17, 15) is 9.90 Å². The van der Waals surface area contributed by atoms with Crippen LogP contribution in [0.2, 0.25) is 0 Å². The van der Waals surface area contributed by atoms with Gasteiger partial charge in [-0.05, 0) is 44.2 Å². The van der Waals surface area contributed by atoms with Crippen LogP contribution in [0.15, 0.2) is 17.5 Å². The topological polar surface area (TPSA) is 40.5 Å². The van der Waals surface area contributed by atoms with E-state index in [2.05, 4.69) is 23.3 Å². The van der Waals surface area contributed by atoms with Gasteiger partial charge in [0.25, 0.3) is 0 Å². The van der Waals surface area contributed by atoms with E-state index in [1.54, 1.807) is 11.3 Å². The molecule has 2 rings (SSSR count). The Morgan fingerprint density at radius 2 is 2.47 bits per heavy atom. The van der Waals surface area contributed by atoms with Gasteiger partial charge < -0.3 is 5.11 Å². The fourth-order valence-corrected chi connectivity index (χ4v) is 3.70. The third-order valence-electron chi connectivity index (χ3n) is 3.94. The number of hydrogen-bond acceptors (Lipinski definition) is 3. The van der Waals surface area contributed by atoms with Gasteiger partial charge in [-0.25, -0.2) is 0 Å². The molecule has 17 heavy (non-hydrogen) atoms.